The Kier molecular flexibility index (Phi) is 7.32. The smallest absolute Gasteiger partial charge is 0.372 e. The summed E-state index contributed by atoms with van der Waals surface area (Å²) in [5.74, 6) is -0.665. The lowest BCUT2D eigenvalue weighted by atomic mass is 10.0. The Hall–Kier alpha value is -4.26. The molecule has 1 N–H and O–H groups in total. The van der Waals surface area contributed by atoms with Gasteiger partial charge in [-0.25, -0.2) is 9.97 Å². The summed E-state index contributed by atoms with van der Waals surface area (Å²) in [4.78, 5) is 27.7. The molecule has 41 heavy (non-hydrogen) atoms. The summed E-state index contributed by atoms with van der Waals surface area (Å²) in [6, 6.07) is 10.6. The highest BCUT2D eigenvalue weighted by molar-refractivity contribution is 5.98. The van der Waals surface area contributed by atoms with E-state index in [-0.39, 0.29) is 59.4 Å². The van der Waals surface area contributed by atoms with Crippen molar-refractivity contribution in [3.05, 3.63) is 77.7 Å². The number of amides is 1. The molecule has 1 fully saturated rings. The quantitative estimate of drug-likeness (QED) is 0.272. The lowest BCUT2D eigenvalue weighted by Gasteiger charge is -2.34. The molecule has 13 heteroatoms. The number of pyridine rings is 1. The number of hydrogen-bond donors (Lipinski definition) is 1. The average molecular weight is 576 g/mol. The maximum atomic E-state index is 13.7. The first-order valence-electron chi connectivity index (χ1n) is 12.5. The Morgan fingerprint density at radius 3 is 2.24 bits per heavy atom. The standard InChI is InChI=1S/C28H23F6N5O2/c1-15-13-39(14-16(2)41-15)26(40)25-37-22-12-17(23-21(28(32,33)34)4-3-11-35-23)5-10-20(22)24(38-25)36-19-8-6-18(7-9-19)27(29,30)31/h3-12,15-16H,13-14H2,1-2H3,(H,36,37,38)/t15-,16+. The lowest BCUT2D eigenvalue weighted by Crippen LogP contribution is -2.48. The van der Waals surface area contributed by atoms with Crippen LogP contribution in [-0.4, -0.2) is 51.1 Å². The van der Waals surface area contributed by atoms with Gasteiger partial charge < -0.3 is 15.0 Å². The zero-order valence-electron chi connectivity index (χ0n) is 21.7. The molecule has 1 aliphatic heterocycles. The number of nitrogens with one attached hydrogen (secondary N) is 1. The minimum atomic E-state index is -4.66. The summed E-state index contributed by atoms with van der Waals surface area (Å²) in [5.41, 5.74) is -1.61. The summed E-state index contributed by atoms with van der Waals surface area (Å²) in [6.45, 7) is 4.17. The van der Waals surface area contributed by atoms with Crippen molar-refractivity contribution >= 4 is 28.3 Å². The zero-order valence-corrected chi connectivity index (χ0v) is 21.7. The second kappa shape index (κ2) is 10.6. The number of hydrogen-bond acceptors (Lipinski definition) is 6. The molecule has 3 heterocycles. The molecule has 0 bridgehead atoms. The Labute approximate surface area is 230 Å². The normalized spacial score (nSPS) is 18.0. The van der Waals surface area contributed by atoms with Gasteiger partial charge in [-0.05, 0) is 62.4 Å². The van der Waals surface area contributed by atoms with Crippen LogP contribution in [0.4, 0.5) is 37.8 Å². The van der Waals surface area contributed by atoms with E-state index in [4.69, 9.17) is 4.74 Å². The summed E-state index contributed by atoms with van der Waals surface area (Å²) < 4.78 is 85.9. The molecule has 1 amide bonds. The molecule has 2 aromatic heterocycles. The van der Waals surface area contributed by atoms with Crippen LogP contribution in [0.3, 0.4) is 0 Å². The molecule has 2 atom stereocenters. The summed E-state index contributed by atoms with van der Waals surface area (Å²) in [5, 5.41) is 3.26. The van der Waals surface area contributed by atoms with E-state index >= 15 is 0 Å². The maximum Gasteiger partial charge on any atom is 0.418 e. The number of ether oxygens (including phenoxy) is 1. The van der Waals surface area contributed by atoms with Gasteiger partial charge >= 0.3 is 12.4 Å². The third-order valence-corrected chi connectivity index (χ3v) is 6.46. The van der Waals surface area contributed by atoms with E-state index < -0.39 is 29.4 Å². The van der Waals surface area contributed by atoms with Gasteiger partial charge in [-0.3, -0.25) is 9.78 Å². The molecule has 4 aromatic rings. The molecule has 7 nitrogen and oxygen atoms in total. The number of benzene rings is 2. The predicted octanol–water partition coefficient (Wildman–Crippen LogP) is 6.72. The third-order valence-electron chi connectivity index (χ3n) is 6.46. The average Bonchev–Trinajstić information content (AvgIpc) is 2.91. The molecule has 5 rings (SSSR count). The number of halogens is 6. The number of anilines is 2. The largest absolute Gasteiger partial charge is 0.418 e. The number of nitrogens with zero attached hydrogens (tertiary/aromatic N) is 4. The summed E-state index contributed by atoms with van der Waals surface area (Å²) in [6.07, 6.45) is -8.44. The predicted molar refractivity (Wildman–Crippen MR) is 138 cm³/mol. The molecular weight excluding hydrogens is 552 g/mol. The molecule has 214 valence electrons. The van der Waals surface area contributed by atoms with Gasteiger partial charge in [0.2, 0.25) is 5.82 Å². The van der Waals surface area contributed by atoms with E-state index in [2.05, 4.69) is 20.3 Å². The van der Waals surface area contributed by atoms with E-state index in [1.54, 1.807) is 0 Å². The second-order valence-electron chi connectivity index (χ2n) is 9.69. The number of fused-ring (bicyclic) bond motifs is 1. The molecule has 0 spiro atoms. The number of alkyl halides is 6. The highest BCUT2D eigenvalue weighted by atomic mass is 19.4. The first-order valence-corrected chi connectivity index (χ1v) is 12.5. The van der Waals surface area contributed by atoms with Crippen LogP contribution in [-0.2, 0) is 17.1 Å². The molecule has 0 unspecified atom stereocenters. The van der Waals surface area contributed by atoms with Gasteiger partial charge in [-0.2, -0.15) is 26.3 Å². The minimum Gasteiger partial charge on any atom is -0.372 e. The Morgan fingerprint density at radius 2 is 1.61 bits per heavy atom. The van der Waals surface area contributed by atoms with E-state index in [0.29, 0.717) is 5.39 Å². The summed E-state index contributed by atoms with van der Waals surface area (Å²) in [7, 11) is 0. The molecule has 0 saturated carbocycles. The van der Waals surface area contributed by atoms with E-state index in [1.807, 2.05) is 13.8 Å². The zero-order chi connectivity index (χ0) is 29.5. The van der Waals surface area contributed by atoms with Crippen molar-refractivity contribution in [2.75, 3.05) is 18.4 Å². The van der Waals surface area contributed by atoms with Crippen molar-refractivity contribution < 1.29 is 35.9 Å². The number of morpholine rings is 1. The Balaban J connectivity index is 1.61. The van der Waals surface area contributed by atoms with E-state index in [9.17, 15) is 31.1 Å². The highest BCUT2D eigenvalue weighted by Crippen LogP contribution is 2.37. The summed E-state index contributed by atoms with van der Waals surface area (Å²) >= 11 is 0. The van der Waals surface area contributed by atoms with Crippen molar-refractivity contribution in [3.63, 3.8) is 0 Å². The van der Waals surface area contributed by atoms with Crippen LogP contribution in [0.25, 0.3) is 22.2 Å². The SMILES string of the molecule is C[C@@H]1CN(C(=O)c2nc(Nc3ccc(C(F)(F)F)cc3)c3ccc(-c4ncccc4C(F)(F)F)cc3n2)C[C@H](C)O1. The molecule has 2 aromatic carbocycles. The fourth-order valence-corrected chi connectivity index (χ4v) is 4.70. The molecular formula is C28H23F6N5O2. The van der Waals surface area contributed by atoms with Gasteiger partial charge in [0.05, 0.1) is 34.5 Å². The van der Waals surface area contributed by atoms with Gasteiger partial charge in [0.15, 0.2) is 0 Å². The van der Waals surface area contributed by atoms with Crippen LogP contribution in [0.2, 0.25) is 0 Å². The highest BCUT2D eigenvalue weighted by Gasteiger charge is 2.35. The number of carbonyl (C=O) groups is 1. The van der Waals surface area contributed by atoms with Crippen LogP contribution in [0.1, 0.15) is 35.6 Å². The van der Waals surface area contributed by atoms with Crippen LogP contribution in [0, 0.1) is 0 Å². The molecule has 0 aliphatic carbocycles. The minimum absolute atomic E-state index is 0.0936. The molecule has 1 saturated heterocycles. The topological polar surface area (TPSA) is 80.2 Å². The fourth-order valence-electron chi connectivity index (χ4n) is 4.70. The van der Waals surface area contributed by atoms with Gasteiger partial charge in [-0.1, -0.05) is 6.07 Å². The van der Waals surface area contributed by atoms with E-state index in [1.165, 1.54) is 47.5 Å². The lowest BCUT2D eigenvalue weighted by molar-refractivity contribution is -0.138. The van der Waals surface area contributed by atoms with Gasteiger partial charge in [0.25, 0.3) is 5.91 Å². The van der Waals surface area contributed by atoms with E-state index in [0.717, 1.165) is 18.2 Å². The second-order valence-corrected chi connectivity index (χ2v) is 9.69. The first kappa shape index (κ1) is 28.3. The van der Waals surface area contributed by atoms with Gasteiger partial charge in [0, 0.05) is 35.9 Å². The van der Waals surface area contributed by atoms with Crippen LogP contribution in [0.15, 0.2) is 60.8 Å². The van der Waals surface area contributed by atoms with Crippen molar-refractivity contribution in [2.24, 2.45) is 0 Å². The number of aromatic nitrogens is 3. The van der Waals surface area contributed by atoms with Crippen LogP contribution >= 0.6 is 0 Å². The van der Waals surface area contributed by atoms with Gasteiger partial charge in [-0.15, -0.1) is 0 Å². The fraction of sp³-hybridized carbons (Fsp3) is 0.286. The van der Waals surface area contributed by atoms with Crippen molar-refractivity contribution in [1.82, 2.24) is 19.9 Å². The van der Waals surface area contributed by atoms with Crippen molar-refractivity contribution in [1.29, 1.82) is 0 Å². The number of rotatable bonds is 4. The van der Waals surface area contributed by atoms with Crippen molar-refractivity contribution in [2.45, 2.75) is 38.4 Å². The monoisotopic (exact) mass is 575 g/mol. The van der Waals surface area contributed by atoms with Crippen molar-refractivity contribution in [3.8, 4) is 11.3 Å². The Morgan fingerprint density at radius 1 is 0.927 bits per heavy atom. The molecule has 0 radical (unpaired) electrons. The maximum absolute atomic E-state index is 13.7. The number of carbonyl (C=O) groups excluding carboxylic acids is 1. The first-order chi connectivity index (χ1) is 19.3. The Bertz CT molecular complexity index is 1580. The van der Waals surface area contributed by atoms with Gasteiger partial charge in [0.1, 0.15) is 5.82 Å². The van der Waals surface area contributed by atoms with Crippen LogP contribution in [0.5, 0.6) is 0 Å². The van der Waals surface area contributed by atoms with Crippen LogP contribution < -0.4 is 5.32 Å². The molecule has 1 aliphatic rings. The third kappa shape index (κ3) is 6.09.